The van der Waals surface area contributed by atoms with Gasteiger partial charge >= 0.3 is 0 Å². The number of ketones is 1. The summed E-state index contributed by atoms with van der Waals surface area (Å²) >= 11 is 0. The van der Waals surface area contributed by atoms with Gasteiger partial charge in [0.1, 0.15) is 12.0 Å². The average Bonchev–Trinajstić information content (AvgIpc) is 2.18. The van der Waals surface area contributed by atoms with Gasteiger partial charge in [-0.25, -0.2) is 0 Å². The zero-order valence-corrected chi connectivity index (χ0v) is 8.24. The van der Waals surface area contributed by atoms with Crippen LogP contribution < -0.4 is 4.74 Å². The standard InChI is InChI=1S/C11H12O3/c1-8(13)10-7-9(5-6-12)3-4-11(10)14-2/h3-4,6-7H,5H2,1-2H3. The fourth-order valence-corrected chi connectivity index (χ4v) is 1.25. The van der Waals surface area contributed by atoms with E-state index in [1.807, 2.05) is 0 Å². The maximum absolute atomic E-state index is 11.2. The Morgan fingerprint density at radius 3 is 2.71 bits per heavy atom. The molecule has 0 bridgehead atoms. The highest BCUT2D eigenvalue weighted by atomic mass is 16.5. The molecule has 0 aromatic heterocycles. The second-order valence-electron chi connectivity index (χ2n) is 2.96. The van der Waals surface area contributed by atoms with Crippen LogP contribution in [-0.2, 0) is 11.2 Å². The summed E-state index contributed by atoms with van der Waals surface area (Å²) < 4.78 is 5.03. The summed E-state index contributed by atoms with van der Waals surface area (Å²) in [5.41, 5.74) is 1.35. The molecule has 0 atom stereocenters. The van der Waals surface area contributed by atoms with E-state index in [9.17, 15) is 9.59 Å². The number of carbonyl (C=O) groups excluding carboxylic acids is 2. The number of hydrogen-bond donors (Lipinski definition) is 0. The van der Waals surface area contributed by atoms with E-state index in [1.54, 1.807) is 18.2 Å². The van der Waals surface area contributed by atoms with E-state index in [1.165, 1.54) is 14.0 Å². The SMILES string of the molecule is COc1ccc(CC=O)cc1C(C)=O. The van der Waals surface area contributed by atoms with E-state index < -0.39 is 0 Å². The molecule has 0 heterocycles. The Kier molecular flexibility index (Phi) is 3.40. The molecular weight excluding hydrogens is 180 g/mol. The summed E-state index contributed by atoms with van der Waals surface area (Å²) in [5, 5.41) is 0. The number of benzene rings is 1. The Balaban J connectivity index is 3.13. The van der Waals surface area contributed by atoms with Gasteiger partial charge in [0.25, 0.3) is 0 Å². The normalized spacial score (nSPS) is 9.57. The van der Waals surface area contributed by atoms with Gasteiger partial charge in [0.2, 0.25) is 0 Å². The molecule has 0 fully saturated rings. The second-order valence-corrected chi connectivity index (χ2v) is 2.96. The van der Waals surface area contributed by atoms with Crippen molar-refractivity contribution in [3.8, 4) is 5.75 Å². The maximum atomic E-state index is 11.2. The summed E-state index contributed by atoms with van der Waals surface area (Å²) in [6.45, 7) is 1.47. The molecule has 1 rings (SSSR count). The minimum Gasteiger partial charge on any atom is -0.496 e. The molecule has 0 N–H and O–H groups in total. The first-order valence-electron chi connectivity index (χ1n) is 4.30. The Morgan fingerprint density at radius 2 is 2.21 bits per heavy atom. The molecule has 0 aliphatic heterocycles. The van der Waals surface area contributed by atoms with Crippen LogP contribution in [0.25, 0.3) is 0 Å². The summed E-state index contributed by atoms with van der Waals surface area (Å²) in [6, 6.07) is 5.17. The van der Waals surface area contributed by atoms with Crippen molar-refractivity contribution in [2.75, 3.05) is 7.11 Å². The third-order valence-electron chi connectivity index (χ3n) is 1.96. The minimum absolute atomic E-state index is 0.0606. The molecule has 74 valence electrons. The minimum atomic E-state index is -0.0606. The van der Waals surface area contributed by atoms with Gasteiger partial charge in [-0.1, -0.05) is 6.07 Å². The molecule has 0 aliphatic rings. The fraction of sp³-hybridized carbons (Fsp3) is 0.273. The topological polar surface area (TPSA) is 43.4 Å². The van der Waals surface area contributed by atoms with Crippen molar-refractivity contribution < 1.29 is 14.3 Å². The lowest BCUT2D eigenvalue weighted by Gasteiger charge is -2.06. The van der Waals surface area contributed by atoms with Gasteiger partial charge in [0.15, 0.2) is 5.78 Å². The first-order valence-corrected chi connectivity index (χ1v) is 4.30. The summed E-state index contributed by atoms with van der Waals surface area (Å²) in [7, 11) is 1.52. The van der Waals surface area contributed by atoms with E-state index in [0.29, 0.717) is 17.7 Å². The predicted octanol–water partition coefficient (Wildman–Crippen LogP) is 1.64. The highest BCUT2D eigenvalue weighted by Crippen LogP contribution is 2.20. The van der Waals surface area contributed by atoms with Crippen LogP contribution in [0.2, 0.25) is 0 Å². The number of methoxy groups -OCH3 is 1. The first-order chi connectivity index (χ1) is 6.69. The smallest absolute Gasteiger partial charge is 0.163 e. The molecule has 3 heteroatoms. The van der Waals surface area contributed by atoms with Crippen LogP contribution >= 0.6 is 0 Å². The second kappa shape index (κ2) is 4.56. The van der Waals surface area contributed by atoms with Crippen LogP contribution in [0.3, 0.4) is 0 Å². The summed E-state index contributed by atoms with van der Waals surface area (Å²) in [4.78, 5) is 21.5. The molecule has 0 spiro atoms. The molecular formula is C11H12O3. The number of ether oxygens (including phenoxy) is 1. The van der Waals surface area contributed by atoms with Gasteiger partial charge in [-0.2, -0.15) is 0 Å². The Morgan fingerprint density at radius 1 is 1.50 bits per heavy atom. The van der Waals surface area contributed by atoms with E-state index in [2.05, 4.69) is 0 Å². The molecule has 0 aliphatic carbocycles. The van der Waals surface area contributed by atoms with Crippen molar-refractivity contribution in [1.82, 2.24) is 0 Å². The van der Waals surface area contributed by atoms with Crippen molar-refractivity contribution in [2.24, 2.45) is 0 Å². The van der Waals surface area contributed by atoms with Crippen LogP contribution in [0.1, 0.15) is 22.8 Å². The van der Waals surface area contributed by atoms with Crippen molar-refractivity contribution in [1.29, 1.82) is 0 Å². The molecule has 0 unspecified atom stereocenters. The van der Waals surface area contributed by atoms with Gasteiger partial charge in [-0.3, -0.25) is 4.79 Å². The van der Waals surface area contributed by atoms with Gasteiger partial charge in [0.05, 0.1) is 12.7 Å². The molecule has 1 aromatic rings. The van der Waals surface area contributed by atoms with Crippen molar-refractivity contribution >= 4 is 12.1 Å². The predicted molar refractivity (Wildman–Crippen MR) is 52.8 cm³/mol. The quantitative estimate of drug-likeness (QED) is 0.538. The Labute approximate surface area is 82.7 Å². The molecule has 1 aromatic carbocycles. The molecule has 0 amide bonds. The maximum Gasteiger partial charge on any atom is 0.163 e. The number of Topliss-reactive ketones (excluding diaryl/α,β-unsaturated/α-hetero) is 1. The number of aldehydes is 1. The number of rotatable bonds is 4. The average molecular weight is 192 g/mol. The van der Waals surface area contributed by atoms with Crippen molar-refractivity contribution in [2.45, 2.75) is 13.3 Å². The van der Waals surface area contributed by atoms with Crippen LogP contribution in [0, 0.1) is 0 Å². The zero-order chi connectivity index (χ0) is 10.6. The molecule has 0 radical (unpaired) electrons. The van der Waals surface area contributed by atoms with Gasteiger partial charge in [0, 0.05) is 6.42 Å². The van der Waals surface area contributed by atoms with E-state index in [-0.39, 0.29) is 5.78 Å². The molecule has 0 saturated carbocycles. The summed E-state index contributed by atoms with van der Waals surface area (Å²) in [6.07, 6.45) is 1.13. The van der Waals surface area contributed by atoms with Crippen LogP contribution in [0.4, 0.5) is 0 Å². The number of carbonyl (C=O) groups is 2. The zero-order valence-electron chi connectivity index (χ0n) is 8.24. The Hall–Kier alpha value is -1.64. The van der Waals surface area contributed by atoms with Crippen LogP contribution in [0.5, 0.6) is 5.75 Å². The van der Waals surface area contributed by atoms with Crippen molar-refractivity contribution in [3.63, 3.8) is 0 Å². The third kappa shape index (κ3) is 2.19. The van der Waals surface area contributed by atoms with Gasteiger partial charge in [-0.05, 0) is 24.6 Å². The lowest BCUT2D eigenvalue weighted by Crippen LogP contribution is -1.99. The lowest BCUT2D eigenvalue weighted by molar-refractivity contribution is -0.107. The number of hydrogen-bond acceptors (Lipinski definition) is 3. The van der Waals surface area contributed by atoms with Crippen LogP contribution in [0.15, 0.2) is 18.2 Å². The first kappa shape index (κ1) is 10.4. The Bertz CT molecular complexity index is 356. The van der Waals surface area contributed by atoms with E-state index in [0.717, 1.165) is 11.8 Å². The summed E-state index contributed by atoms with van der Waals surface area (Å²) in [5.74, 6) is 0.488. The van der Waals surface area contributed by atoms with Crippen LogP contribution in [-0.4, -0.2) is 19.2 Å². The third-order valence-corrected chi connectivity index (χ3v) is 1.96. The molecule has 3 nitrogen and oxygen atoms in total. The highest BCUT2D eigenvalue weighted by molar-refractivity contribution is 5.97. The molecule has 14 heavy (non-hydrogen) atoms. The van der Waals surface area contributed by atoms with E-state index >= 15 is 0 Å². The highest BCUT2D eigenvalue weighted by Gasteiger charge is 2.08. The fourth-order valence-electron chi connectivity index (χ4n) is 1.25. The molecule has 0 saturated heterocycles. The van der Waals surface area contributed by atoms with E-state index in [4.69, 9.17) is 4.74 Å². The van der Waals surface area contributed by atoms with Crippen molar-refractivity contribution in [3.05, 3.63) is 29.3 Å². The largest absolute Gasteiger partial charge is 0.496 e. The van der Waals surface area contributed by atoms with Gasteiger partial charge in [-0.15, -0.1) is 0 Å². The van der Waals surface area contributed by atoms with Gasteiger partial charge < -0.3 is 9.53 Å². The monoisotopic (exact) mass is 192 g/mol. The lowest BCUT2D eigenvalue weighted by atomic mass is 10.1.